The van der Waals surface area contributed by atoms with Crippen molar-refractivity contribution in [3.63, 3.8) is 0 Å². The maximum Gasteiger partial charge on any atom is 0.119 e. The average molecular weight is 222 g/mol. The number of rotatable bonds is 0. The van der Waals surface area contributed by atoms with Crippen molar-refractivity contribution in [3.05, 3.63) is 0 Å². The van der Waals surface area contributed by atoms with Gasteiger partial charge in [-0.1, -0.05) is 0 Å². The quantitative estimate of drug-likeness (QED) is 0.249. The molecule has 1 saturated carbocycles. The molecule has 0 heterocycles. The van der Waals surface area contributed by atoms with Gasteiger partial charge in [0.15, 0.2) is 0 Å². The third-order valence-corrected chi connectivity index (χ3v) is 3.34. The lowest BCUT2D eigenvalue weighted by molar-refractivity contribution is -0.205. The lowest BCUT2D eigenvalue weighted by Crippen LogP contribution is -2.60. The minimum absolute atomic E-state index is 0.338. The zero-order chi connectivity index (χ0) is 12.0. The fourth-order valence-corrected chi connectivity index (χ4v) is 1.80. The molecule has 0 spiro atoms. The van der Waals surface area contributed by atoms with Gasteiger partial charge in [-0.3, -0.25) is 0 Å². The molecular formula is C9H18O6. The Morgan fingerprint density at radius 3 is 1.87 bits per heavy atom. The van der Waals surface area contributed by atoms with E-state index in [1.165, 1.54) is 6.92 Å². The minimum Gasteiger partial charge on any atom is -0.390 e. The van der Waals surface area contributed by atoms with Crippen LogP contribution in [0.3, 0.4) is 0 Å². The SMILES string of the molecule is CC1(O)CC(O)C(O)C(O)C(O)C1(C)O. The van der Waals surface area contributed by atoms with Crippen molar-refractivity contribution in [2.45, 2.75) is 55.9 Å². The van der Waals surface area contributed by atoms with Gasteiger partial charge in [0, 0.05) is 6.42 Å². The highest BCUT2D eigenvalue weighted by molar-refractivity contribution is 5.07. The zero-order valence-electron chi connectivity index (χ0n) is 8.70. The summed E-state index contributed by atoms with van der Waals surface area (Å²) in [6, 6.07) is 0. The molecule has 0 aromatic rings. The van der Waals surface area contributed by atoms with E-state index in [0.29, 0.717) is 0 Å². The minimum atomic E-state index is -2.01. The Morgan fingerprint density at radius 2 is 1.40 bits per heavy atom. The Morgan fingerprint density at radius 1 is 0.933 bits per heavy atom. The molecule has 1 aliphatic rings. The van der Waals surface area contributed by atoms with Crippen LogP contribution in [0.25, 0.3) is 0 Å². The molecule has 6 atom stereocenters. The predicted molar refractivity (Wildman–Crippen MR) is 49.9 cm³/mol. The molecule has 90 valence electrons. The molecule has 1 fully saturated rings. The third kappa shape index (κ3) is 1.89. The molecule has 0 aliphatic heterocycles. The van der Waals surface area contributed by atoms with Crippen LogP contribution < -0.4 is 0 Å². The topological polar surface area (TPSA) is 121 Å². The second-order valence-corrected chi connectivity index (χ2v) is 4.62. The van der Waals surface area contributed by atoms with Crippen molar-refractivity contribution in [2.24, 2.45) is 0 Å². The van der Waals surface area contributed by atoms with Crippen LogP contribution in [0.15, 0.2) is 0 Å². The van der Waals surface area contributed by atoms with Crippen molar-refractivity contribution in [1.29, 1.82) is 0 Å². The number of aliphatic hydroxyl groups is 6. The van der Waals surface area contributed by atoms with Crippen molar-refractivity contribution >= 4 is 0 Å². The van der Waals surface area contributed by atoms with E-state index in [-0.39, 0.29) is 6.42 Å². The van der Waals surface area contributed by atoms with Gasteiger partial charge in [0.2, 0.25) is 0 Å². The standard InChI is InChI=1S/C9H18O6/c1-8(14)3-4(10)5(11)6(12)7(13)9(8,2)15/h4-7,10-15H,3H2,1-2H3. The Hall–Kier alpha value is -0.240. The van der Waals surface area contributed by atoms with Crippen LogP contribution in [0.4, 0.5) is 0 Å². The lowest BCUT2D eigenvalue weighted by atomic mass is 9.79. The summed E-state index contributed by atoms with van der Waals surface area (Å²) < 4.78 is 0. The van der Waals surface area contributed by atoms with Crippen LogP contribution in [-0.4, -0.2) is 66.3 Å². The van der Waals surface area contributed by atoms with Crippen molar-refractivity contribution in [3.8, 4) is 0 Å². The highest BCUT2D eigenvalue weighted by atomic mass is 16.4. The maximum atomic E-state index is 9.87. The van der Waals surface area contributed by atoms with Crippen LogP contribution in [0.5, 0.6) is 0 Å². The van der Waals surface area contributed by atoms with Gasteiger partial charge >= 0.3 is 0 Å². The molecule has 0 radical (unpaired) electrons. The smallest absolute Gasteiger partial charge is 0.119 e. The first-order chi connectivity index (χ1) is 6.61. The highest BCUT2D eigenvalue weighted by Crippen LogP contribution is 2.36. The van der Waals surface area contributed by atoms with Crippen LogP contribution >= 0.6 is 0 Å². The van der Waals surface area contributed by atoms with E-state index in [1.807, 2.05) is 0 Å². The van der Waals surface area contributed by atoms with Crippen LogP contribution in [0.2, 0.25) is 0 Å². The van der Waals surface area contributed by atoms with Gasteiger partial charge < -0.3 is 30.6 Å². The van der Waals surface area contributed by atoms with Gasteiger partial charge in [0.05, 0.1) is 11.7 Å². The van der Waals surface area contributed by atoms with Crippen LogP contribution in [0, 0.1) is 0 Å². The Kier molecular flexibility index (Phi) is 3.13. The molecule has 1 rings (SSSR count). The Labute approximate surface area is 87.4 Å². The Bertz CT molecular complexity index is 239. The van der Waals surface area contributed by atoms with Gasteiger partial charge in [-0.05, 0) is 13.8 Å². The molecule has 0 aromatic carbocycles. The van der Waals surface area contributed by atoms with Gasteiger partial charge in [-0.25, -0.2) is 0 Å². The first-order valence-corrected chi connectivity index (χ1v) is 4.78. The second-order valence-electron chi connectivity index (χ2n) is 4.62. The molecule has 0 bridgehead atoms. The molecule has 0 aromatic heterocycles. The third-order valence-electron chi connectivity index (χ3n) is 3.34. The number of aliphatic hydroxyl groups excluding tert-OH is 4. The first-order valence-electron chi connectivity index (χ1n) is 4.78. The molecule has 6 nitrogen and oxygen atoms in total. The molecule has 1 aliphatic carbocycles. The van der Waals surface area contributed by atoms with Crippen molar-refractivity contribution in [1.82, 2.24) is 0 Å². The lowest BCUT2D eigenvalue weighted by Gasteiger charge is -2.40. The van der Waals surface area contributed by atoms with Gasteiger partial charge in [0.25, 0.3) is 0 Å². The summed E-state index contributed by atoms with van der Waals surface area (Å²) in [5.74, 6) is 0. The van der Waals surface area contributed by atoms with Crippen LogP contribution in [-0.2, 0) is 0 Å². The predicted octanol–water partition coefficient (Wildman–Crippen LogP) is -2.66. The molecule has 6 N–H and O–H groups in total. The van der Waals surface area contributed by atoms with E-state index >= 15 is 0 Å². The molecule has 6 heteroatoms. The van der Waals surface area contributed by atoms with E-state index in [1.54, 1.807) is 0 Å². The molecular weight excluding hydrogens is 204 g/mol. The molecule has 15 heavy (non-hydrogen) atoms. The molecule has 0 amide bonds. The number of hydrogen-bond acceptors (Lipinski definition) is 6. The van der Waals surface area contributed by atoms with Gasteiger partial charge in [-0.2, -0.15) is 0 Å². The van der Waals surface area contributed by atoms with Crippen molar-refractivity contribution < 1.29 is 30.6 Å². The van der Waals surface area contributed by atoms with E-state index < -0.39 is 35.6 Å². The highest BCUT2D eigenvalue weighted by Gasteiger charge is 2.55. The number of hydrogen-bond donors (Lipinski definition) is 6. The molecule has 0 saturated heterocycles. The van der Waals surface area contributed by atoms with Crippen molar-refractivity contribution in [2.75, 3.05) is 0 Å². The van der Waals surface area contributed by atoms with Crippen LogP contribution in [0.1, 0.15) is 20.3 Å². The summed E-state index contributed by atoms with van der Waals surface area (Å²) in [6.07, 6.45) is -6.78. The monoisotopic (exact) mass is 222 g/mol. The summed E-state index contributed by atoms with van der Waals surface area (Å²) >= 11 is 0. The maximum absolute atomic E-state index is 9.87. The van der Waals surface area contributed by atoms with E-state index in [2.05, 4.69) is 0 Å². The fourth-order valence-electron chi connectivity index (χ4n) is 1.80. The Balaban J connectivity index is 3.11. The van der Waals surface area contributed by atoms with Gasteiger partial charge in [-0.15, -0.1) is 0 Å². The van der Waals surface area contributed by atoms with E-state index in [4.69, 9.17) is 0 Å². The fraction of sp³-hybridized carbons (Fsp3) is 1.00. The van der Waals surface area contributed by atoms with Gasteiger partial charge in [0.1, 0.15) is 23.9 Å². The van der Waals surface area contributed by atoms with E-state index in [0.717, 1.165) is 6.92 Å². The zero-order valence-corrected chi connectivity index (χ0v) is 8.70. The normalized spacial score (nSPS) is 57.6. The average Bonchev–Trinajstić information content (AvgIpc) is 2.14. The summed E-state index contributed by atoms with van der Waals surface area (Å²) in [5, 5.41) is 57.6. The summed E-state index contributed by atoms with van der Waals surface area (Å²) in [5.41, 5.74) is -3.81. The largest absolute Gasteiger partial charge is 0.390 e. The molecule has 6 unspecified atom stereocenters. The van der Waals surface area contributed by atoms with E-state index in [9.17, 15) is 30.6 Å². The summed E-state index contributed by atoms with van der Waals surface area (Å²) in [6.45, 7) is 2.37. The summed E-state index contributed by atoms with van der Waals surface area (Å²) in [7, 11) is 0. The second kappa shape index (κ2) is 3.65. The first kappa shape index (κ1) is 12.8. The summed E-state index contributed by atoms with van der Waals surface area (Å²) in [4.78, 5) is 0.